The number of hydrogen-bond donors (Lipinski definition) is 1. The highest BCUT2D eigenvalue weighted by molar-refractivity contribution is 8.00. The van der Waals surface area contributed by atoms with Crippen molar-refractivity contribution in [2.24, 2.45) is 5.92 Å². The molecule has 0 bridgehead atoms. The predicted molar refractivity (Wildman–Crippen MR) is 98.8 cm³/mol. The lowest BCUT2D eigenvalue weighted by Gasteiger charge is -2.30. The Labute approximate surface area is 152 Å². The first-order valence-corrected chi connectivity index (χ1v) is 9.75. The smallest absolute Gasteiger partial charge is 0.233 e. The van der Waals surface area contributed by atoms with Gasteiger partial charge in [-0.1, -0.05) is 49.2 Å². The Kier molecular flexibility index (Phi) is 5.73. The third kappa shape index (κ3) is 4.39. The van der Waals surface area contributed by atoms with Gasteiger partial charge in [-0.05, 0) is 55.2 Å². The molecule has 2 aromatic rings. The number of nitrogens with one attached hydrogen (secondary N) is 1. The number of aromatic nitrogens is 4. The van der Waals surface area contributed by atoms with Crippen molar-refractivity contribution in [1.29, 1.82) is 0 Å². The van der Waals surface area contributed by atoms with Crippen LogP contribution in [0.2, 0.25) is 0 Å². The van der Waals surface area contributed by atoms with E-state index < -0.39 is 0 Å². The lowest BCUT2D eigenvalue weighted by atomic mass is 9.86. The van der Waals surface area contributed by atoms with E-state index in [0.717, 1.165) is 12.1 Å². The monoisotopic (exact) mass is 359 g/mol. The van der Waals surface area contributed by atoms with Gasteiger partial charge in [0.05, 0.1) is 10.9 Å². The summed E-state index contributed by atoms with van der Waals surface area (Å²) in [4.78, 5) is 12.6. The van der Waals surface area contributed by atoms with Crippen molar-refractivity contribution in [3.05, 3.63) is 29.8 Å². The Morgan fingerprint density at radius 1 is 1.28 bits per heavy atom. The maximum atomic E-state index is 12.6. The zero-order valence-electron chi connectivity index (χ0n) is 15.0. The molecule has 0 radical (unpaired) electrons. The van der Waals surface area contributed by atoms with Crippen LogP contribution in [0.25, 0.3) is 5.69 Å². The van der Waals surface area contributed by atoms with E-state index in [9.17, 15) is 4.79 Å². The lowest BCUT2D eigenvalue weighted by Crippen LogP contribution is -2.44. The summed E-state index contributed by atoms with van der Waals surface area (Å²) in [5, 5.41) is 15.5. The number of nitrogens with zero attached hydrogens (tertiary/aromatic N) is 4. The van der Waals surface area contributed by atoms with Crippen LogP contribution < -0.4 is 5.32 Å². The molecule has 0 aliphatic heterocycles. The number of rotatable bonds is 5. The Morgan fingerprint density at radius 2 is 2.00 bits per heavy atom. The number of amides is 1. The summed E-state index contributed by atoms with van der Waals surface area (Å²) in [7, 11) is 0. The molecule has 1 aromatic carbocycles. The molecule has 0 spiro atoms. The maximum Gasteiger partial charge on any atom is 0.233 e. The van der Waals surface area contributed by atoms with Crippen molar-refractivity contribution in [2.45, 2.75) is 62.9 Å². The van der Waals surface area contributed by atoms with Crippen LogP contribution in [0.3, 0.4) is 0 Å². The standard InChI is InChI=1S/C18H25N5OS/c1-12-8-10-15(11-9-12)23-18(20-21-22-23)25-14(3)17(24)19-16-7-5-4-6-13(16)2/h8-11,13-14,16H,4-7H2,1-3H3,(H,19,24)/t13-,14-,16-/m0/s1. The Balaban J connectivity index is 1.65. The molecule has 1 amide bonds. The van der Waals surface area contributed by atoms with Crippen LogP contribution in [0.1, 0.15) is 45.1 Å². The zero-order valence-corrected chi connectivity index (χ0v) is 15.8. The van der Waals surface area contributed by atoms with Crippen LogP contribution in [0.15, 0.2) is 29.4 Å². The van der Waals surface area contributed by atoms with Gasteiger partial charge in [-0.3, -0.25) is 4.79 Å². The van der Waals surface area contributed by atoms with E-state index >= 15 is 0 Å². The number of carbonyl (C=O) groups excluding carboxylic acids is 1. The molecule has 3 atom stereocenters. The first kappa shape index (κ1) is 17.9. The number of hydrogen-bond acceptors (Lipinski definition) is 5. The third-order valence-electron chi connectivity index (χ3n) is 4.81. The summed E-state index contributed by atoms with van der Waals surface area (Å²) < 4.78 is 1.68. The highest BCUT2D eigenvalue weighted by atomic mass is 32.2. The van der Waals surface area contributed by atoms with Crippen LogP contribution >= 0.6 is 11.8 Å². The topological polar surface area (TPSA) is 72.7 Å². The van der Waals surface area contributed by atoms with Crippen molar-refractivity contribution in [1.82, 2.24) is 25.5 Å². The predicted octanol–water partition coefficient (Wildman–Crippen LogP) is 3.15. The number of tetrazole rings is 1. The van der Waals surface area contributed by atoms with Crippen LogP contribution in [-0.4, -0.2) is 37.4 Å². The van der Waals surface area contributed by atoms with Crippen LogP contribution in [-0.2, 0) is 4.79 Å². The van der Waals surface area contributed by atoms with E-state index in [1.165, 1.54) is 36.6 Å². The minimum atomic E-state index is -0.246. The summed E-state index contributed by atoms with van der Waals surface area (Å²) in [5.41, 5.74) is 2.08. The van der Waals surface area contributed by atoms with Gasteiger partial charge in [0.1, 0.15) is 0 Å². The van der Waals surface area contributed by atoms with E-state index in [1.807, 2.05) is 38.1 Å². The van der Waals surface area contributed by atoms with E-state index in [-0.39, 0.29) is 17.2 Å². The third-order valence-corrected chi connectivity index (χ3v) is 5.84. The van der Waals surface area contributed by atoms with Gasteiger partial charge in [-0.15, -0.1) is 5.10 Å². The normalized spacial score (nSPS) is 21.7. The molecule has 1 N–H and O–H groups in total. The fourth-order valence-electron chi connectivity index (χ4n) is 3.14. The van der Waals surface area contributed by atoms with Crippen molar-refractivity contribution in [3.8, 4) is 5.69 Å². The molecule has 1 saturated carbocycles. The number of aryl methyl sites for hydroxylation is 1. The zero-order chi connectivity index (χ0) is 17.8. The summed E-state index contributed by atoms with van der Waals surface area (Å²) in [6.07, 6.45) is 4.73. The van der Waals surface area contributed by atoms with Crippen molar-refractivity contribution >= 4 is 17.7 Å². The van der Waals surface area contributed by atoms with Crippen molar-refractivity contribution in [2.75, 3.05) is 0 Å². The second kappa shape index (κ2) is 7.99. The molecule has 6 nitrogen and oxygen atoms in total. The molecule has 1 aliphatic rings. The first-order chi connectivity index (χ1) is 12.0. The quantitative estimate of drug-likeness (QED) is 0.830. The molecule has 1 heterocycles. The molecule has 7 heteroatoms. The fourth-order valence-corrected chi connectivity index (χ4v) is 3.96. The van der Waals surface area contributed by atoms with Gasteiger partial charge < -0.3 is 5.32 Å². The van der Waals surface area contributed by atoms with Gasteiger partial charge >= 0.3 is 0 Å². The van der Waals surface area contributed by atoms with E-state index in [4.69, 9.17) is 0 Å². The molecule has 134 valence electrons. The highest BCUT2D eigenvalue weighted by Gasteiger charge is 2.26. The van der Waals surface area contributed by atoms with Crippen molar-refractivity contribution < 1.29 is 4.79 Å². The number of benzene rings is 1. The van der Waals surface area contributed by atoms with Crippen LogP contribution in [0, 0.1) is 12.8 Å². The fraction of sp³-hybridized carbons (Fsp3) is 0.556. The van der Waals surface area contributed by atoms with Crippen LogP contribution in [0.5, 0.6) is 0 Å². The SMILES string of the molecule is Cc1ccc(-n2nnnc2S[C@@H](C)C(=O)N[C@H]2CCCC[C@@H]2C)cc1. The van der Waals surface area contributed by atoms with E-state index in [0.29, 0.717) is 11.1 Å². The molecule has 1 aromatic heterocycles. The summed E-state index contributed by atoms with van der Waals surface area (Å²) in [5.74, 6) is 0.606. The van der Waals surface area contributed by atoms with Crippen molar-refractivity contribution in [3.63, 3.8) is 0 Å². The minimum absolute atomic E-state index is 0.0576. The largest absolute Gasteiger partial charge is 0.352 e. The van der Waals surface area contributed by atoms with Gasteiger partial charge in [-0.25, -0.2) is 0 Å². The van der Waals surface area contributed by atoms with Gasteiger partial charge in [0.2, 0.25) is 11.1 Å². The summed E-state index contributed by atoms with van der Waals surface area (Å²) >= 11 is 1.39. The Hall–Kier alpha value is -1.89. The summed E-state index contributed by atoms with van der Waals surface area (Å²) in [6, 6.07) is 8.28. The molecule has 1 aliphatic carbocycles. The Morgan fingerprint density at radius 3 is 2.72 bits per heavy atom. The maximum absolute atomic E-state index is 12.6. The second-order valence-electron chi connectivity index (χ2n) is 6.85. The van der Waals surface area contributed by atoms with Crippen LogP contribution in [0.4, 0.5) is 0 Å². The minimum Gasteiger partial charge on any atom is -0.352 e. The molecule has 0 saturated heterocycles. The average molecular weight is 359 g/mol. The molecule has 25 heavy (non-hydrogen) atoms. The number of thioether (sulfide) groups is 1. The van der Waals surface area contributed by atoms with Gasteiger partial charge in [0.25, 0.3) is 0 Å². The number of carbonyl (C=O) groups is 1. The molecule has 3 rings (SSSR count). The molecule has 1 fully saturated rings. The average Bonchev–Trinajstić information content (AvgIpc) is 3.05. The molecular formula is C18H25N5OS. The van der Waals surface area contributed by atoms with Gasteiger partial charge in [0, 0.05) is 6.04 Å². The first-order valence-electron chi connectivity index (χ1n) is 8.87. The summed E-state index contributed by atoms with van der Waals surface area (Å²) in [6.45, 7) is 6.17. The lowest BCUT2D eigenvalue weighted by molar-refractivity contribution is -0.121. The van der Waals surface area contributed by atoms with E-state index in [1.54, 1.807) is 4.68 Å². The Bertz CT molecular complexity index is 715. The van der Waals surface area contributed by atoms with Gasteiger partial charge in [0.15, 0.2) is 0 Å². The van der Waals surface area contributed by atoms with E-state index in [2.05, 4.69) is 27.8 Å². The highest BCUT2D eigenvalue weighted by Crippen LogP contribution is 2.26. The molecular weight excluding hydrogens is 334 g/mol. The molecule has 0 unspecified atom stereocenters. The van der Waals surface area contributed by atoms with Gasteiger partial charge in [-0.2, -0.15) is 4.68 Å². The second-order valence-corrected chi connectivity index (χ2v) is 8.15.